The van der Waals surface area contributed by atoms with Crippen molar-refractivity contribution in [2.24, 2.45) is 17.6 Å². The molecule has 1 aromatic rings. The highest BCUT2D eigenvalue weighted by atomic mass is 16.5. The monoisotopic (exact) mass is 278 g/mol. The first kappa shape index (κ1) is 14.0. The zero-order valence-corrected chi connectivity index (χ0v) is 12.8. The van der Waals surface area contributed by atoms with Gasteiger partial charge < -0.3 is 10.3 Å². The molecule has 2 heterocycles. The van der Waals surface area contributed by atoms with Gasteiger partial charge in [-0.05, 0) is 24.7 Å². The Morgan fingerprint density at radius 1 is 1.30 bits per heavy atom. The molecule has 0 bridgehead atoms. The van der Waals surface area contributed by atoms with Crippen LogP contribution in [-0.2, 0) is 12.0 Å². The van der Waals surface area contributed by atoms with Crippen LogP contribution in [0.15, 0.2) is 4.52 Å². The standard InChI is InChI=1S/C15H26N4O/c1-15(2,3)14-17-13(18-20-14)9-19-7-10-5-4-6-12(16)11(10)8-19/h10-12H,4-9,16H2,1-3H3. The summed E-state index contributed by atoms with van der Waals surface area (Å²) in [4.78, 5) is 6.97. The average molecular weight is 278 g/mol. The molecule has 1 aliphatic carbocycles. The van der Waals surface area contributed by atoms with Gasteiger partial charge in [-0.15, -0.1) is 0 Å². The van der Waals surface area contributed by atoms with E-state index in [1.165, 1.54) is 19.3 Å². The molecule has 0 amide bonds. The summed E-state index contributed by atoms with van der Waals surface area (Å²) in [5, 5.41) is 4.12. The predicted molar refractivity (Wildman–Crippen MR) is 77.1 cm³/mol. The van der Waals surface area contributed by atoms with Gasteiger partial charge in [-0.1, -0.05) is 32.3 Å². The number of hydrogen-bond acceptors (Lipinski definition) is 5. The van der Waals surface area contributed by atoms with Crippen LogP contribution < -0.4 is 5.73 Å². The van der Waals surface area contributed by atoms with Gasteiger partial charge in [0.2, 0.25) is 5.89 Å². The van der Waals surface area contributed by atoms with Crippen LogP contribution in [0.4, 0.5) is 0 Å². The van der Waals surface area contributed by atoms with E-state index in [2.05, 4.69) is 35.8 Å². The van der Waals surface area contributed by atoms with E-state index in [-0.39, 0.29) is 5.41 Å². The lowest BCUT2D eigenvalue weighted by Gasteiger charge is -2.29. The molecule has 1 aliphatic heterocycles. The van der Waals surface area contributed by atoms with Crippen LogP contribution in [0.5, 0.6) is 0 Å². The minimum atomic E-state index is -0.0768. The molecule has 112 valence electrons. The van der Waals surface area contributed by atoms with Crippen molar-refractivity contribution in [2.75, 3.05) is 13.1 Å². The van der Waals surface area contributed by atoms with E-state index in [0.717, 1.165) is 37.3 Å². The van der Waals surface area contributed by atoms with Crippen LogP contribution >= 0.6 is 0 Å². The number of nitrogens with two attached hydrogens (primary N) is 1. The van der Waals surface area contributed by atoms with E-state index in [9.17, 15) is 0 Å². The van der Waals surface area contributed by atoms with E-state index < -0.39 is 0 Å². The van der Waals surface area contributed by atoms with Gasteiger partial charge in [0.25, 0.3) is 0 Å². The highest BCUT2D eigenvalue weighted by Crippen LogP contribution is 2.35. The second kappa shape index (κ2) is 5.11. The summed E-state index contributed by atoms with van der Waals surface area (Å²) in [6.07, 6.45) is 3.80. The first-order valence-electron chi connectivity index (χ1n) is 7.74. The molecule has 1 saturated heterocycles. The van der Waals surface area contributed by atoms with Crippen molar-refractivity contribution in [3.63, 3.8) is 0 Å². The zero-order chi connectivity index (χ0) is 14.3. The fourth-order valence-corrected chi connectivity index (χ4v) is 3.56. The zero-order valence-electron chi connectivity index (χ0n) is 12.8. The molecule has 2 N–H and O–H groups in total. The van der Waals surface area contributed by atoms with E-state index in [1.54, 1.807) is 0 Å². The van der Waals surface area contributed by atoms with Gasteiger partial charge in [0.15, 0.2) is 5.82 Å². The number of aromatic nitrogens is 2. The Bertz CT molecular complexity index is 465. The molecule has 5 nitrogen and oxygen atoms in total. The largest absolute Gasteiger partial charge is 0.339 e. The molecule has 3 atom stereocenters. The number of hydrogen-bond donors (Lipinski definition) is 1. The molecule has 1 aromatic heterocycles. The summed E-state index contributed by atoms with van der Waals surface area (Å²) in [7, 11) is 0. The third-order valence-electron chi connectivity index (χ3n) is 4.70. The van der Waals surface area contributed by atoms with Gasteiger partial charge in [-0.3, -0.25) is 4.90 Å². The Morgan fingerprint density at radius 3 is 2.75 bits per heavy atom. The second-order valence-corrected chi connectivity index (χ2v) is 7.48. The van der Waals surface area contributed by atoms with Crippen LogP contribution in [0, 0.1) is 11.8 Å². The normalized spacial score (nSPS) is 31.5. The minimum absolute atomic E-state index is 0.0768. The SMILES string of the molecule is CC(C)(C)c1nc(CN2CC3CCCC(N)C3C2)no1. The molecule has 2 aliphatic rings. The molecule has 3 rings (SSSR count). The Labute approximate surface area is 120 Å². The molecule has 0 spiro atoms. The van der Waals surface area contributed by atoms with Crippen molar-refractivity contribution in [3.05, 3.63) is 11.7 Å². The quantitative estimate of drug-likeness (QED) is 0.895. The van der Waals surface area contributed by atoms with Crippen LogP contribution in [0.1, 0.15) is 51.7 Å². The molecule has 5 heteroatoms. The molecular weight excluding hydrogens is 252 g/mol. The van der Waals surface area contributed by atoms with Crippen molar-refractivity contribution in [1.29, 1.82) is 0 Å². The molecular formula is C15H26N4O. The number of rotatable bonds is 2. The number of likely N-dealkylation sites (tertiary alicyclic amines) is 1. The first-order chi connectivity index (χ1) is 9.43. The van der Waals surface area contributed by atoms with Gasteiger partial charge in [0.05, 0.1) is 6.54 Å². The summed E-state index contributed by atoms with van der Waals surface area (Å²) in [5.41, 5.74) is 6.18. The summed E-state index contributed by atoms with van der Waals surface area (Å²) < 4.78 is 5.37. The highest BCUT2D eigenvalue weighted by Gasteiger charge is 2.39. The van der Waals surface area contributed by atoms with Gasteiger partial charge in [-0.25, -0.2) is 0 Å². The van der Waals surface area contributed by atoms with Crippen LogP contribution in [-0.4, -0.2) is 34.2 Å². The Balaban J connectivity index is 1.63. The van der Waals surface area contributed by atoms with Crippen molar-refractivity contribution >= 4 is 0 Å². The molecule has 20 heavy (non-hydrogen) atoms. The van der Waals surface area contributed by atoms with Gasteiger partial charge in [0, 0.05) is 24.5 Å². The second-order valence-electron chi connectivity index (χ2n) is 7.48. The lowest BCUT2D eigenvalue weighted by atomic mass is 9.78. The summed E-state index contributed by atoms with van der Waals surface area (Å²) in [5.74, 6) is 2.97. The summed E-state index contributed by atoms with van der Waals surface area (Å²) >= 11 is 0. The van der Waals surface area contributed by atoms with E-state index in [4.69, 9.17) is 10.3 Å². The molecule has 2 fully saturated rings. The predicted octanol–water partition coefficient (Wildman–Crippen LogP) is 1.93. The van der Waals surface area contributed by atoms with Crippen LogP contribution in [0.2, 0.25) is 0 Å². The van der Waals surface area contributed by atoms with Crippen molar-refractivity contribution in [2.45, 2.75) is 58.0 Å². The van der Waals surface area contributed by atoms with E-state index >= 15 is 0 Å². The number of nitrogens with zero attached hydrogens (tertiary/aromatic N) is 3. The average Bonchev–Trinajstić information content (AvgIpc) is 2.96. The minimum Gasteiger partial charge on any atom is -0.339 e. The van der Waals surface area contributed by atoms with Crippen molar-refractivity contribution in [3.8, 4) is 0 Å². The lowest BCUT2D eigenvalue weighted by Crippen LogP contribution is -2.38. The fourth-order valence-electron chi connectivity index (χ4n) is 3.56. The maximum Gasteiger partial charge on any atom is 0.232 e. The van der Waals surface area contributed by atoms with Gasteiger partial charge in [-0.2, -0.15) is 4.98 Å². The van der Waals surface area contributed by atoms with E-state index in [0.29, 0.717) is 12.0 Å². The maximum absolute atomic E-state index is 6.26. The summed E-state index contributed by atoms with van der Waals surface area (Å²) in [6, 6.07) is 0.383. The topological polar surface area (TPSA) is 68.2 Å². The lowest BCUT2D eigenvalue weighted by molar-refractivity contribution is 0.258. The molecule has 3 unspecified atom stereocenters. The highest BCUT2D eigenvalue weighted by molar-refractivity contribution is 5.00. The molecule has 0 radical (unpaired) electrons. The van der Waals surface area contributed by atoms with Gasteiger partial charge in [0.1, 0.15) is 0 Å². The van der Waals surface area contributed by atoms with E-state index in [1.807, 2.05) is 0 Å². The van der Waals surface area contributed by atoms with Gasteiger partial charge >= 0.3 is 0 Å². The Hall–Kier alpha value is -0.940. The van der Waals surface area contributed by atoms with Crippen LogP contribution in [0.3, 0.4) is 0 Å². The Morgan fingerprint density at radius 2 is 2.10 bits per heavy atom. The van der Waals surface area contributed by atoms with Crippen LogP contribution in [0.25, 0.3) is 0 Å². The summed E-state index contributed by atoms with van der Waals surface area (Å²) in [6.45, 7) is 9.29. The maximum atomic E-state index is 6.26. The van der Waals surface area contributed by atoms with Crippen molar-refractivity contribution < 1.29 is 4.52 Å². The number of fused-ring (bicyclic) bond motifs is 1. The Kier molecular flexibility index (Phi) is 3.58. The molecule has 0 aromatic carbocycles. The smallest absolute Gasteiger partial charge is 0.232 e. The van der Waals surface area contributed by atoms with Crippen molar-refractivity contribution in [1.82, 2.24) is 15.0 Å². The molecule has 1 saturated carbocycles. The first-order valence-corrected chi connectivity index (χ1v) is 7.74. The fraction of sp³-hybridized carbons (Fsp3) is 0.867. The third-order valence-corrected chi connectivity index (χ3v) is 4.70. The third kappa shape index (κ3) is 2.74.